The van der Waals surface area contributed by atoms with Gasteiger partial charge in [-0.05, 0) is 75.2 Å². The number of aryl methyl sites for hydroxylation is 1. The Bertz CT molecular complexity index is 1810. The highest BCUT2D eigenvalue weighted by Gasteiger charge is 2.36. The van der Waals surface area contributed by atoms with Gasteiger partial charge >= 0.3 is 0 Å². The Labute approximate surface area is 287 Å². The van der Waals surface area contributed by atoms with Gasteiger partial charge in [-0.1, -0.05) is 83.4 Å². The molecule has 248 valence electrons. The topological polar surface area (TPSA) is 96.0 Å². The molecule has 2 amide bonds. The van der Waals surface area contributed by atoms with E-state index in [0.717, 1.165) is 15.4 Å². The third-order valence-electron chi connectivity index (χ3n) is 7.35. The van der Waals surface area contributed by atoms with Gasteiger partial charge in [0.2, 0.25) is 11.8 Å². The summed E-state index contributed by atoms with van der Waals surface area (Å²) < 4.78 is 34.9. The second-order valence-electron chi connectivity index (χ2n) is 12.2. The van der Waals surface area contributed by atoms with Gasteiger partial charge < -0.3 is 15.0 Å². The first kappa shape index (κ1) is 35.8. The maximum Gasteiger partial charge on any atom is 0.264 e. The molecule has 1 atom stereocenters. The highest BCUT2D eigenvalue weighted by Crippen LogP contribution is 2.29. The molecular formula is C36H39Cl2N3O5S. The molecule has 0 aliphatic rings. The number of ether oxygens (including phenoxy) is 1. The smallest absolute Gasteiger partial charge is 0.264 e. The normalized spacial score (nSPS) is 12.2. The number of benzene rings is 4. The van der Waals surface area contributed by atoms with Crippen LogP contribution in [0.25, 0.3) is 0 Å². The van der Waals surface area contributed by atoms with E-state index in [9.17, 15) is 18.0 Å². The van der Waals surface area contributed by atoms with Gasteiger partial charge in [0.1, 0.15) is 18.3 Å². The van der Waals surface area contributed by atoms with Crippen molar-refractivity contribution in [3.05, 3.63) is 124 Å². The summed E-state index contributed by atoms with van der Waals surface area (Å²) in [6.07, 6.45) is 0.170. The van der Waals surface area contributed by atoms with Crippen molar-refractivity contribution in [2.75, 3.05) is 18.0 Å². The molecule has 0 heterocycles. The Kier molecular flexibility index (Phi) is 11.6. The lowest BCUT2D eigenvalue weighted by molar-refractivity contribution is -0.140. The maximum absolute atomic E-state index is 14.6. The molecule has 0 fully saturated rings. The van der Waals surface area contributed by atoms with Gasteiger partial charge in [0.25, 0.3) is 10.0 Å². The number of rotatable bonds is 12. The van der Waals surface area contributed by atoms with Crippen molar-refractivity contribution in [2.24, 2.45) is 0 Å². The van der Waals surface area contributed by atoms with E-state index >= 15 is 0 Å². The zero-order chi connectivity index (χ0) is 34.4. The van der Waals surface area contributed by atoms with E-state index in [4.69, 9.17) is 27.9 Å². The number of sulfonamides is 1. The van der Waals surface area contributed by atoms with Crippen LogP contribution in [0.5, 0.6) is 5.75 Å². The quantitative estimate of drug-likeness (QED) is 0.171. The highest BCUT2D eigenvalue weighted by molar-refractivity contribution is 7.92. The molecule has 0 saturated carbocycles. The van der Waals surface area contributed by atoms with Gasteiger partial charge in [0.05, 0.1) is 17.7 Å². The van der Waals surface area contributed by atoms with Crippen molar-refractivity contribution in [3.8, 4) is 5.75 Å². The molecule has 0 bridgehead atoms. The van der Waals surface area contributed by atoms with E-state index in [1.807, 2.05) is 58.0 Å². The largest absolute Gasteiger partial charge is 0.497 e. The Balaban J connectivity index is 1.85. The van der Waals surface area contributed by atoms with Crippen LogP contribution in [0.1, 0.15) is 37.5 Å². The van der Waals surface area contributed by atoms with Crippen LogP contribution in [-0.2, 0) is 32.6 Å². The molecule has 0 saturated heterocycles. The van der Waals surface area contributed by atoms with E-state index in [0.29, 0.717) is 21.4 Å². The first-order valence-corrected chi connectivity index (χ1v) is 17.2. The first-order valence-electron chi connectivity index (χ1n) is 15.0. The van der Waals surface area contributed by atoms with Crippen LogP contribution < -0.4 is 14.4 Å². The van der Waals surface area contributed by atoms with Crippen LogP contribution in [0.15, 0.2) is 102 Å². The van der Waals surface area contributed by atoms with Gasteiger partial charge in [-0.15, -0.1) is 0 Å². The number of carbonyl (C=O) groups is 2. The average Bonchev–Trinajstić information content (AvgIpc) is 3.02. The summed E-state index contributed by atoms with van der Waals surface area (Å²) in [6.45, 7) is 6.72. The van der Waals surface area contributed by atoms with Crippen LogP contribution in [0.4, 0.5) is 5.69 Å². The molecule has 4 aromatic carbocycles. The van der Waals surface area contributed by atoms with E-state index in [1.54, 1.807) is 54.6 Å². The SMILES string of the molecule is COc1cccc(N(CC(=O)N(Cc2ccc(Cl)cc2Cl)C(Cc2ccccc2)C(=O)NC(C)(C)C)S(=O)(=O)c2ccc(C)cc2)c1. The number of methoxy groups -OCH3 is 1. The van der Waals surface area contributed by atoms with Crippen LogP contribution in [0.2, 0.25) is 10.0 Å². The molecule has 0 aromatic heterocycles. The Hall–Kier alpha value is -4.05. The third kappa shape index (κ3) is 9.50. The van der Waals surface area contributed by atoms with Crippen molar-refractivity contribution >= 4 is 50.7 Å². The summed E-state index contributed by atoms with van der Waals surface area (Å²) >= 11 is 12.8. The minimum Gasteiger partial charge on any atom is -0.497 e. The van der Waals surface area contributed by atoms with Crippen LogP contribution in [0, 0.1) is 6.92 Å². The minimum absolute atomic E-state index is 0.0114. The summed E-state index contributed by atoms with van der Waals surface area (Å²) in [4.78, 5) is 30.1. The fourth-order valence-corrected chi connectivity index (χ4v) is 6.85. The van der Waals surface area contributed by atoms with Gasteiger partial charge in [0, 0.05) is 34.6 Å². The number of carbonyl (C=O) groups excluding carboxylic acids is 2. The summed E-state index contributed by atoms with van der Waals surface area (Å²) in [5, 5.41) is 3.73. The zero-order valence-corrected chi connectivity index (χ0v) is 29.4. The fraction of sp³-hybridized carbons (Fsp3) is 0.278. The van der Waals surface area contributed by atoms with E-state index < -0.39 is 40.0 Å². The first-order chi connectivity index (χ1) is 22.2. The predicted octanol–water partition coefficient (Wildman–Crippen LogP) is 7.06. The maximum atomic E-state index is 14.6. The molecule has 1 unspecified atom stereocenters. The van der Waals surface area contributed by atoms with Crippen molar-refractivity contribution < 1.29 is 22.7 Å². The highest BCUT2D eigenvalue weighted by atomic mass is 35.5. The molecule has 0 aliphatic carbocycles. The molecule has 0 aliphatic heterocycles. The zero-order valence-electron chi connectivity index (χ0n) is 27.0. The van der Waals surface area contributed by atoms with Gasteiger partial charge in [-0.2, -0.15) is 0 Å². The molecule has 4 rings (SSSR count). The van der Waals surface area contributed by atoms with Crippen molar-refractivity contribution in [1.29, 1.82) is 0 Å². The molecule has 4 aromatic rings. The Morgan fingerprint density at radius 3 is 2.19 bits per heavy atom. The second-order valence-corrected chi connectivity index (χ2v) is 14.9. The second kappa shape index (κ2) is 15.2. The van der Waals surface area contributed by atoms with Crippen LogP contribution in [-0.4, -0.2) is 50.4 Å². The lowest BCUT2D eigenvalue weighted by atomic mass is 10.0. The van der Waals surface area contributed by atoms with Gasteiger partial charge in [0.15, 0.2) is 0 Å². The number of anilines is 1. The lowest BCUT2D eigenvalue weighted by Gasteiger charge is -2.35. The van der Waals surface area contributed by atoms with Crippen molar-refractivity contribution in [1.82, 2.24) is 10.2 Å². The molecular weight excluding hydrogens is 657 g/mol. The summed E-state index contributed by atoms with van der Waals surface area (Å²) in [5.41, 5.74) is 1.85. The standard InChI is InChI=1S/C36H39Cl2N3O5S/c1-25-14-18-31(19-15-25)47(44,45)41(29-12-9-13-30(22-29)46-5)24-34(42)40(23-27-16-17-28(37)21-32(27)38)33(35(43)39-36(2,3)4)20-26-10-7-6-8-11-26/h6-19,21-22,33H,20,23-24H2,1-5H3,(H,39,43). The van der Waals surface area contributed by atoms with E-state index in [1.165, 1.54) is 24.1 Å². The van der Waals surface area contributed by atoms with Gasteiger partial charge in [-0.25, -0.2) is 8.42 Å². The number of nitrogens with one attached hydrogen (secondary N) is 1. The molecule has 0 spiro atoms. The number of halogens is 2. The van der Waals surface area contributed by atoms with Crippen molar-refractivity contribution in [2.45, 2.75) is 57.1 Å². The van der Waals surface area contributed by atoms with Crippen molar-refractivity contribution in [3.63, 3.8) is 0 Å². The summed E-state index contributed by atoms with van der Waals surface area (Å²) in [7, 11) is -2.78. The summed E-state index contributed by atoms with van der Waals surface area (Å²) in [6, 6.07) is 26.1. The number of hydrogen-bond acceptors (Lipinski definition) is 5. The number of nitrogens with zero attached hydrogens (tertiary/aromatic N) is 2. The third-order valence-corrected chi connectivity index (χ3v) is 9.73. The predicted molar refractivity (Wildman–Crippen MR) is 188 cm³/mol. The van der Waals surface area contributed by atoms with Crippen LogP contribution in [0.3, 0.4) is 0 Å². The monoisotopic (exact) mass is 695 g/mol. The Morgan fingerprint density at radius 2 is 1.57 bits per heavy atom. The Morgan fingerprint density at radius 1 is 0.894 bits per heavy atom. The molecule has 0 radical (unpaired) electrons. The minimum atomic E-state index is -4.26. The lowest BCUT2D eigenvalue weighted by Crippen LogP contribution is -2.56. The summed E-state index contributed by atoms with van der Waals surface area (Å²) in [5.74, 6) is -0.594. The molecule has 8 nitrogen and oxygen atoms in total. The molecule has 1 N–H and O–H groups in total. The van der Waals surface area contributed by atoms with Crippen LogP contribution >= 0.6 is 23.2 Å². The number of hydrogen-bond donors (Lipinski definition) is 1. The van der Waals surface area contributed by atoms with E-state index in [2.05, 4.69) is 5.32 Å². The average molecular weight is 697 g/mol. The fourth-order valence-electron chi connectivity index (χ4n) is 4.97. The molecule has 47 heavy (non-hydrogen) atoms. The molecule has 11 heteroatoms. The van der Waals surface area contributed by atoms with Gasteiger partial charge in [-0.3, -0.25) is 13.9 Å². The number of amides is 2. The van der Waals surface area contributed by atoms with E-state index in [-0.39, 0.29) is 23.5 Å².